The molecule has 0 amide bonds. The molecule has 4 nitrogen and oxygen atoms in total. The van der Waals surface area contributed by atoms with Crippen molar-refractivity contribution in [2.45, 2.75) is 72.1 Å². The zero-order chi connectivity index (χ0) is 14.6. The van der Waals surface area contributed by atoms with Crippen LogP contribution in [0.4, 0.5) is 0 Å². The van der Waals surface area contributed by atoms with Crippen LogP contribution in [0.2, 0.25) is 0 Å². The molecule has 2 N–H and O–H groups in total. The third-order valence-electron chi connectivity index (χ3n) is 4.00. The van der Waals surface area contributed by atoms with Gasteiger partial charge in [-0.15, -0.1) is 0 Å². The Labute approximate surface area is 117 Å². The Morgan fingerprint density at radius 2 is 2.00 bits per heavy atom. The highest BCUT2D eigenvalue weighted by Gasteiger charge is 2.19. The quantitative estimate of drug-likeness (QED) is 0.826. The predicted octanol–water partition coefficient (Wildman–Crippen LogP) is 2.59. The fraction of sp³-hybridized carbons (Fsp3) is 0.800. The van der Waals surface area contributed by atoms with Crippen molar-refractivity contribution >= 4 is 0 Å². The molecule has 0 aliphatic heterocycles. The summed E-state index contributed by atoms with van der Waals surface area (Å²) in [4.78, 5) is 0. The summed E-state index contributed by atoms with van der Waals surface area (Å²) in [6.07, 6.45) is 2.87. The van der Waals surface area contributed by atoms with Crippen LogP contribution in [-0.4, -0.2) is 28.5 Å². The smallest absolute Gasteiger partial charge is 0.0640 e. The number of ether oxygens (including phenoxy) is 1. The summed E-state index contributed by atoms with van der Waals surface area (Å²) < 4.78 is 7.55. The van der Waals surface area contributed by atoms with Crippen LogP contribution in [0, 0.1) is 13.8 Å². The molecule has 1 atom stereocenters. The fourth-order valence-corrected chi connectivity index (χ4v) is 2.13. The van der Waals surface area contributed by atoms with Gasteiger partial charge in [-0.25, -0.2) is 0 Å². The Bertz CT molecular complexity index is 410. The largest absolute Gasteiger partial charge is 0.379 e. The zero-order valence-corrected chi connectivity index (χ0v) is 13.3. The third-order valence-corrected chi connectivity index (χ3v) is 4.00. The summed E-state index contributed by atoms with van der Waals surface area (Å²) in [5.41, 5.74) is 9.62. The van der Waals surface area contributed by atoms with E-state index in [1.807, 2.05) is 0 Å². The molecule has 0 bridgehead atoms. The molecule has 1 heterocycles. The first-order valence-corrected chi connectivity index (χ1v) is 7.14. The first kappa shape index (κ1) is 16.2. The van der Waals surface area contributed by atoms with Crippen molar-refractivity contribution in [1.82, 2.24) is 9.78 Å². The van der Waals surface area contributed by atoms with Crippen LogP contribution in [0.1, 0.15) is 50.6 Å². The molecule has 1 aromatic rings. The van der Waals surface area contributed by atoms with Crippen LogP contribution in [-0.2, 0) is 17.7 Å². The highest BCUT2D eigenvalue weighted by Crippen LogP contribution is 2.19. The lowest BCUT2D eigenvalue weighted by Gasteiger charge is -2.22. The maximum absolute atomic E-state index is 6.06. The summed E-state index contributed by atoms with van der Waals surface area (Å²) in [5, 5.41) is 4.64. The van der Waals surface area contributed by atoms with Gasteiger partial charge >= 0.3 is 0 Å². The molecular weight excluding hydrogens is 238 g/mol. The molecule has 19 heavy (non-hydrogen) atoms. The molecule has 1 aromatic heterocycles. The van der Waals surface area contributed by atoms with E-state index in [0.29, 0.717) is 0 Å². The SMILES string of the molecule is CCC(N)Cc1c(C)nn(CCC(C)(C)OC)c1C. The van der Waals surface area contributed by atoms with E-state index in [1.165, 1.54) is 11.3 Å². The summed E-state index contributed by atoms with van der Waals surface area (Å²) in [5.74, 6) is 0. The molecule has 0 saturated carbocycles. The highest BCUT2D eigenvalue weighted by molar-refractivity contribution is 5.25. The minimum absolute atomic E-state index is 0.105. The van der Waals surface area contributed by atoms with Gasteiger partial charge in [-0.1, -0.05) is 6.92 Å². The van der Waals surface area contributed by atoms with Gasteiger partial charge in [-0.05, 0) is 52.5 Å². The summed E-state index contributed by atoms with van der Waals surface area (Å²) in [7, 11) is 1.76. The van der Waals surface area contributed by atoms with E-state index in [2.05, 4.69) is 44.4 Å². The van der Waals surface area contributed by atoms with Crippen molar-refractivity contribution in [3.63, 3.8) is 0 Å². The van der Waals surface area contributed by atoms with E-state index < -0.39 is 0 Å². The molecule has 0 fully saturated rings. The minimum atomic E-state index is -0.105. The van der Waals surface area contributed by atoms with Gasteiger partial charge in [-0.3, -0.25) is 4.68 Å². The summed E-state index contributed by atoms with van der Waals surface area (Å²) in [6.45, 7) is 11.4. The van der Waals surface area contributed by atoms with E-state index in [9.17, 15) is 0 Å². The van der Waals surface area contributed by atoms with Crippen LogP contribution >= 0.6 is 0 Å². The lowest BCUT2D eigenvalue weighted by atomic mass is 10.0. The predicted molar refractivity (Wildman–Crippen MR) is 79.4 cm³/mol. The molecular formula is C15H29N3O. The number of hydrogen-bond donors (Lipinski definition) is 1. The second-order valence-electron chi connectivity index (χ2n) is 5.96. The van der Waals surface area contributed by atoms with Gasteiger partial charge in [0.25, 0.3) is 0 Å². The van der Waals surface area contributed by atoms with Crippen LogP contribution in [0.3, 0.4) is 0 Å². The molecule has 0 aliphatic rings. The Balaban J connectivity index is 2.79. The van der Waals surface area contributed by atoms with Crippen LogP contribution in [0.25, 0.3) is 0 Å². The van der Waals surface area contributed by atoms with Gasteiger partial charge in [0.2, 0.25) is 0 Å². The molecule has 0 radical (unpaired) electrons. The molecule has 1 unspecified atom stereocenters. The monoisotopic (exact) mass is 267 g/mol. The van der Waals surface area contributed by atoms with Crippen molar-refractivity contribution in [3.05, 3.63) is 17.0 Å². The number of aryl methyl sites for hydroxylation is 2. The van der Waals surface area contributed by atoms with E-state index in [0.717, 1.165) is 31.5 Å². The van der Waals surface area contributed by atoms with E-state index >= 15 is 0 Å². The fourth-order valence-electron chi connectivity index (χ4n) is 2.13. The molecule has 0 spiro atoms. The second kappa shape index (κ2) is 6.53. The van der Waals surface area contributed by atoms with Crippen molar-refractivity contribution in [3.8, 4) is 0 Å². The minimum Gasteiger partial charge on any atom is -0.379 e. The maximum atomic E-state index is 6.06. The Kier molecular flexibility index (Phi) is 5.56. The standard InChI is InChI=1S/C15H29N3O/c1-7-13(16)10-14-11(2)17-18(12(14)3)9-8-15(4,5)19-6/h13H,7-10,16H2,1-6H3. The van der Waals surface area contributed by atoms with Crippen molar-refractivity contribution in [1.29, 1.82) is 0 Å². The molecule has 4 heteroatoms. The van der Waals surface area contributed by atoms with Gasteiger partial charge in [0.15, 0.2) is 0 Å². The van der Waals surface area contributed by atoms with Crippen molar-refractivity contribution in [2.24, 2.45) is 5.73 Å². The van der Waals surface area contributed by atoms with Crippen LogP contribution < -0.4 is 5.73 Å². The normalized spacial score (nSPS) is 13.8. The van der Waals surface area contributed by atoms with Crippen molar-refractivity contribution in [2.75, 3.05) is 7.11 Å². The topological polar surface area (TPSA) is 53.1 Å². The van der Waals surface area contributed by atoms with E-state index in [1.54, 1.807) is 7.11 Å². The first-order chi connectivity index (χ1) is 8.80. The van der Waals surface area contributed by atoms with Gasteiger partial charge in [-0.2, -0.15) is 5.10 Å². The van der Waals surface area contributed by atoms with E-state index in [-0.39, 0.29) is 11.6 Å². The zero-order valence-electron chi connectivity index (χ0n) is 13.3. The molecule has 0 aromatic carbocycles. The van der Waals surface area contributed by atoms with Crippen molar-refractivity contribution < 1.29 is 4.74 Å². The third kappa shape index (κ3) is 4.32. The Morgan fingerprint density at radius 1 is 1.37 bits per heavy atom. The van der Waals surface area contributed by atoms with Gasteiger partial charge in [0.05, 0.1) is 11.3 Å². The first-order valence-electron chi connectivity index (χ1n) is 7.14. The van der Waals surface area contributed by atoms with Gasteiger partial charge in [0.1, 0.15) is 0 Å². The van der Waals surface area contributed by atoms with E-state index in [4.69, 9.17) is 10.5 Å². The van der Waals surface area contributed by atoms with Gasteiger partial charge in [0, 0.05) is 25.4 Å². The molecule has 0 saturated heterocycles. The van der Waals surface area contributed by atoms with Crippen LogP contribution in [0.5, 0.6) is 0 Å². The Morgan fingerprint density at radius 3 is 2.53 bits per heavy atom. The summed E-state index contributed by atoms with van der Waals surface area (Å²) in [6, 6.07) is 0.227. The second-order valence-corrected chi connectivity index (χ2v) is 5.96. The number of nitrogens with two attached hydrogens (primary N) is 1. The lowest BCUT2D eigenvalue weighted by Crippen LogP contribution is -2.25. The molecule has 1 rings (SSSR count). The number of rotatable bonds is 7. The molecule has 110 valence electrons. The molecule has 0 aliphatic carbocycles. The lowest BCUT2D eigenvalue weighted by molar-refractivity contribution is 0.0112. The van der Waals surface area contributed by atoms with Gasteiger partial charge < -0.3 is 10.5 Å². The number of hydrogen-bond acceptors (Lipinski definition) is 3. The number of nitrogens with zero attached hydrogens (tertiary/aromatic N) is 2. The van der Waals surface area contributed by atoms with Crippen LogP contribution in [0.15, 0.2) is 0 Å². The maximum Gasteiger partial charge on any atom is 0.0640 e. The Hall–Kier alpha value is -0.870. The average Bonchev–Trinajstić information content (AvgIpc) is 2.64. The number of aromatic nitrogens is 2. The average molecular weight is 267 g/mol. The summed E-state index contributed by atoms with van der Waals surface area (Å²) >= 11 is 0. The highest BCUT2D eigenvalue weighted by atomic mass is 16.5. The number of methoxy groups -OCH3 is 1.